The third-order valence-electron chi connectivity index (χ3n) is 3.77. The van der Waals surface area contributed by atoms with Crippen LogP contribution in [0, 0.1) is 0 Å². The highest BCUT2D eigenvalue weighted by molar-refractivity contribution is 7.80. The fourth-order valence-corrected chi connectivity index (χ4v) is 2.88. The summed E-state index contributed by atoms with van der Waals surface area (Å²) < 4.78 is 4.63. The monoisotopic (exact) mass is 392 g/mol. The van der Waals surface area contributed by atoms with Gasteiger partial charge < -0.3 is 20.1 Å². The number of esters is 1. The molecule has 0 aliphatic heterocycles. The van der Waals surface area contributed by atoms with Gasteiger partial charge in [-0.15, -0.1) is 0 Å². The summed E-state index contributed by atoms with van der Waals surface area (Å²) >= 11 is 11.9. The van der Waals surface area contributed by atoms with E-state index in [0.717, 1.165) is 11.3 Å². The van der Waals surface area contributed by atoms with Crippen molar-refractivity contribution in [2.24, 2.45) is 0 Å². The van der Waals surface area contributed by atoms with Gasteiger partial charge in [0.2, 0.25) is 0 Å². The molecule has 0 atom stereocenters. The molecule has 0 aliphatic rings. The first-order chi connectivity index (χ1) is 12.5. The van der Waals surface area contributed by atoms with Crippen LogP contribution in [0.5, 0.6) is 5.75 Å². The van der Waals surface area contributed by atoms with Gasteiger partial charge in [0, 0.05) is 18.5 Å². The summed E-state index contributed by atoms with van der Waals surface area (Å²) in [4.78, 5) is 13.0. The first-order valence-corrected chi connectivity index (χ1v) is 8.95. The molecule has 2 aromatic rings. The highest BCUT2D eigenvalue weighted by atomic mass is 35.5. The predicted octanol–water partition coefficient (Wildman–Crippen LogP) is 3.88. The summed E-state index contributed by atoms with van der Waals surface area (Å²) in [5.74, 6) is -0.0621. The molecule has 2 rings (SSSR count). The zero-order valence-electron chi connectivity index (χ0n) is 14.4. The molecule has 2 aromatic carbocycles. The number of aromatic hydroxyl groups is 1. The number of ether oxygens (including phenoxy) is 1. The highest BCUT2D eigenvalue weighted by Crippen LogP contribution is 2.28. The molecule has 0 saturated heterocycles. The van der Waals surface area contributed by atoms with Gasteiger partial charge in [-0.1, -0.05) is 41.9 Å². The summed E-state index contributed by atoms with van der Waals surface area (Å²) in [7, 11) is 1.37. The number of hydrogen-bond donors (Lipinski definition) is 2. The van der Waals surface area contributed by atoms with Gasteiger partial charge in [0.25, 0.3) is 0 Å². The number of carbonyl (C=O) groups excluding carboxylic acids is 1. The van der Waals surface area contributed by atoms with Gasteiger partial charge in [-0.25, -0.2) is 0 Å². The summed E-state index contributed by atoms with van der Waals surface area (Å²) in [6, 6.07) is 14.5. The number of halogens is 1. The number of rotatable bonds is 7. The first kappa shape index (κ1) is 20.0. The van der Waals surface area contributed by atoms with E-state index in [9.17, 15) is 9.90 Å². The predicted molar refractivity (Wildman–Crippen MR) is 108 cm³/mol. The van der Waals surface area contributed by atoms with Crippen LogP contribution in [-0.2, 0) is 16.1 Å². The molecular weight excluding hydrogens is 372 g/mol. The van der Waals surface area contributed by atoms with Gasteiger partial charge in [-0.05, 0) is 36.8 Å². The van der Waals surface area contributed by atoms with Crippen LogP contribution in [0.4, 0.5) is 5.69 Å². The molecule has 5 nitrogen and oxygen atoms in total. The van der Waals surface area contributed by atoms with Crippen LogP contribution in [0.1, 0.15) is 18.4 Å². The van der Waals surface area contributed by atoms with E-state index in [2.05, 4.69) is 10.1 Å². The zero-order valence-corrected chi connectivity index (χ0v) is 16.0. The average Bonchev–Trinajstić information content (AvgIpc) is 2.65. The quantitative estimate of drug-likeness (QED) is 0.423. The summed E-state index contributed by atoms with van der Waals surface area (Å²) in [5.41, 5.74) is 1.47. The minimum Gasteiger partial charge on any atom is -0.508 e. The van der Waals surface area contributed by atoms with E-state index in [1.165, 1.54) is 7.11 Å². The lowest BCUT2D eigenvalue weighted by Crippen LogP contribution is -2.40. The Labute approximate surface area is 163 Å². The van der Waals surface area contributed by atoms with E-state index in [4.69, 9.17) is 23.8 Å². The van der Waals surface area contributed by atoms with Gasteiger partial charge in [-0.3, -0.25) is 4.79 Å². The number of anilines is 1. The van der Waals surface area contributed by atoms with Crippen LogP contribution >= 0.6 is 23.8 Å². The largest absolute Gasteiger partial charge is 0.508 e. The van der Waals surface area contributed by atoms with Gasteiger partial charge in [0.1, 0.15) is 5.75 Å². The second kappa shape index (κ2) is 9.99. The number of phenolic OH excluding ortho intramolecular Hbond substituents is 1. The SMILES string of the molecule is COC(=O)CCCNC(=S)N(Cc1ccccc1O)c1ccccc1Cl. The molecular formula is C19H21ClN2O3S. The molecule has 0 aromatic heterocycles. The van der Waals surface area contributed by atoms with Crippen LogP contribution in [-0.4, -0.2) is 29.8 Å². The van der Waals surface area contributed by atoms with Crippen LogP contribution in [0.3, 0.4) is 0 Å². The van der Waals surface area contributed by atoms with Gasteiger partial charge in [0.15, 0.2) is 5.11 Å². The van der Waals surface area contributed by atoms with Crippen molar-refractivity contribution in [3.63, 3.8) is 0 Å². The van der Waals surface area contributed by atoms with Crippen LogP contribution < -0.4 is 10.2 Å². The van der Waals surface area contributed by atoms with Crippen LogP contribution in [0.2, 0.25) is 5.02 Å². The van der Waals surface area contributed by atoms with E-state index in [1.807, 2.05) is 35.2 Å². The zero-order chi connectivity index (χ0) is 18.9. The standard InChI is InChI=1S/C19H21ClN2O3S/c1-25-18(24)11-6-12-21-19(26)22(16-9-4-3-8-15(16)20)13-14-7-2-5-10-17(14)23/h2-5,7-10,23H,6,11-13H2,1H3,(H,21,26). The molecule has 2 N–H and O–H groups in total. The van der Waals surface area contributed by atoms with Crippen molar-refractivity contribution < 1.29 is 14.6 Å². The van der Waals surface area contributed by atoms with Gasteiger partial charge in [-0.2, -0.15) is 0 Å². The van der Waals surface area contributed by atoms with Crippen molar-refractivity contribution in [2.45, 2.75) is 19.4 Å². The third kappa shape index (κ3) is 5.61. The lowest BCUT2D eigenvalue weighted by atomic mass is 10.1. The molecule has 0 heterocycles. The van der Waals surface area contributed by atoms with E-state index < -0.39 is 0 Å². The maximum Gasteiger partial charge on any atom is 0.305 e. The summed E-state index contributed by atoms with van der Waals surface area (Å²) in [6.45, 7) is 0.884. The number of carbonyl (C=O) groups is 1. The van der Waals surface area contributed by atoms with Gasteiger partial charge in [0.05, 0.1) is 24.4 Å². The molecule has 0 aliphatic carbocycles. The van der Waals surface area contributed by atoms with Crippen molar-refractivity contribution in [3.05, 3.63) is 59.1 Å². The molecule has 0 amide bonds. The number of benzene rings is 2. The van der Waals surface area contributed by atoms with Crippen molar-refractivity contribution in [3.8, 4) is 5.75 Å². The fourth-order valence-electron chi connectivity index (χ4n) is 2.38. The summed E-state index contributed by atoms with van der Waals surface area (Å²) in [5, 5.41) is 14.2. The number of thiocarbonyl (C=S) groups is 1. The third-order valence-corrected chi connectivity index (χ3v) is 4.45. The average molecular weight is 393 g/mol. The lowest BCUT2D eigenvalue weighted by Gasteiger charge is -2.27. The molecule has 0 spiro atoms. The Bertz CT molecular complexity index is 770. The number of nitrogens with zero attached hydrogens (tertiary/aromatic N) is 1. The first-order valence-electron chi connectivity index (χ1n) is 8.16. The van der Waals surface area contributed by atoms with Crippen molar-refractivity contribution >= 4 is 40.6 Å². The Morgan fingerprint density at radius 3 is 2.62 bits per heavy atom. The molecule has 0 radical (unpaired) electrons. The highest BCUT2D eigenvalue weighted by Gasteiger charge is 2.17. The normalized spacial score (nSPS) is 10.2. The summed E-state index contributed by atoms with van der Waals surface area (Å²) in [6.07, 6.45) is 0.914. The number of hydrogen-bond acceptors (Lipinski definition) is 4. The molecule has 26 heavy (non-hydrogen) atoms. The van der Waals surface area contributed by atoms with E-state index in [0.29, 0.717) is 36.1 Å². The Morgan fingerprint density at radius 2 is 1.92 bits per heavy atom. The van der Waals surface area contributed by atoms with Crippen LogP contribution in [0.15, 0.2) is 48.5 Å². The Kier molecular flexibility index (Phi) is 7.69. The number of nitrogens with one attached hydrogen (secondary N) is 1. The van der Waals surface area contributed by atoms with E-state index in [-0.39, 0.29) is 11.7 Å². The Hall–Kier alpha value is -2.31. The van der Waals surface area contributed by atoms with Crippen molar-refractivity contribution in [1.82, 2.24) is 5.32 Å². The van der Waals surface area contributed by atoms with Crippen molar-refractivity contribution in [1.29, 1.82) is 0 Å². The smallest absolute Gasteiger partial charge is 0.305 e. The number of methoxy groups -OCH3 is 1. The lowest BCUT2D eigenvalue weighted by molar-refractivity contribution is -0.140. The van der Waals surface area contributed by atoms with Crippen LogP contribution in [0.25, 0.3) is 0 Å². The van der Waals surface area contributed by atoms with E-state index >= 15 is 0 Å². The minimum absolute atomic E-state index is 0.193. The Balaban J connectivity index is 2.13. The molecule has 0 fully saturated rings. The maximum atomic E-state index is 11.2. The maximum absolute atomic E-state index is 11.2. The van der Waals surface area contributed by atoms with Crippen molar-refractivity contribution in [2.75, 3.05) is 18.6 Å². The van der Waals surface area contributed by atoms with Gasteiger partial charge >= 0.3 is 5.97 Å². The topological polar surface area (TPSA) is 61.8 Å². The number of para-hydroxylation sites is 2. The fraction of sp³-hybridized carbons (Fsp3) is 0.263. The number of phenols is 1. The van der Waals surface area contributed by atoms with E-state index in [1.54, 1.807) is 18.2 Å². The second-order valence-electron chi connectivity index (χ2n) is 5.58. The molecule has 0 bridgehead atoms. The Morgan fingerprint density at radius 1 is 1.23 bits per heavy atom. The second-order valence-corrected chi connectivity index (χ2v) is 6.37. The molecule has 7 heteroatoms. The molecule has 138 valence electrons. The minimum atomic E-state index is -0.255. The molecule has 0 saturated carbocycles. The molecule has 0 unspecified atom stereocenters.